The summed E-state index contributed by atoms with van der Waals surface area (Å²) in [5.41, 5.74) is 2.75. The van der Waals surface area contributed by atoms with Gasteiger partial charge in [-0.25, -0.2) is 4.98 Å². The zero-order chi connectivity index (χ0) is 15.1. The molecule has 1 aromatic carbocycles. The molecule has 0 aliphatic carbocycles. The molecule has 5 nitrogen and oxygen atoms in total. The third-order valence-electron chi connectivity index (χ3n) is 2.44. The van der Waals surface area contributed by atoms with Crippen molar-refractivity contribution >= 4 is 23.2 Å². The summed E-state index contributed by atoms with van der Waals surface area (Å²) in [5, 5.41) is 12.4. The first-order chi connectivity index (χ1) is 9.56. The molecule has 1 heterocycles. The monoisotopic (exact) mass is 293 g/mol. The van der Waals surface area contributed by atoms with Gasteiger partial charge in [0.05, 0.1) is 0 Å². The average Bonchev–Trinajstić information content (AvgIpc) is 2.86. The Hall–Kier alpha value is -1.95. The van der Waals surface area contributed by atoms with E-state index in [1.807, 2.05) is 45.9 Å². The summed E-state index contributed by atoms with van der Waals surface area (Å²) in [7, 11) is 0. The second-order valence-corrected chi connectivity index (χ2v) is 4.68. The van der Waals surface area contributed by atoms with E-state index in [9.17, 15) is 4.79 Å². The highest BCUT2D eigenvalue weighted by atomic mass is 32.1. The van der Waals surface area contributed by atoms with Crippen molar-refractivity contribution in [1.29, 1.82) is 0 Å². The van der Waals surface area contributed by atoms with Crippen LogP contribution in [0.5, 0.6) is 0 Å². The zero-order valence-corrected chi connectivity index (χ0v) is 12.9. The lowest BCUT2D eigenvalue weighted by Crippen LogP contribution is -2.13. The molecule has 0 aliphatic heterocycles. The van der Waals surface area contributed by atoms with E-state index < -0.39 is 5.97 Å². The number of hydrogen-bond donors (Lipinski definition) is 2. The molecule has 0 aliphatic rings. The van der Waals surface area contributed by atoms with E-state index in [0.717, 1.165) is 27.6 Å². The Morgan fingerprint density at radius 3 is 2.60 bits per heavy atom. The van der Waals surface area contributed by atoms with E-state index >= 15 is 0 Å². The minimum absolute atomic E-state index is 0.0978. The van der Waals surface area contributed by atoms with Crippen molar-refractivity contribution in [2.45, 2.75) is 27.7 Å². The van der Waals surface area contributed by atoms with Gasteiger partial charge in [0, 0.05) is 11.3 Å². The van der Waals surface area contributed by atoms with Crippen molar-refractivity contribution in [1.82, 2.24) is 9.36 Å². The molecule has 0 fully saturated rings. The Morgan fingerprint density at radius 2 is 2.05 bits per heavy atom. The molecular formula is C14H19N3O2S. The molecule has 0 atom stereocenters. The molecule has 2 N–H and O–H groups in total. The van der Waals surface area contributed by atoms with Crippen LogP contribution in [0.4, 0.5) is 5.69 Å². The summed E-state index contributed by atoms with van der Waals surface area (Å²) in [5.74, 6) is -0.137. The van der Waals surface area contributed by atoms with Gasteiger partial charge in [-0.1, -0.05) is 26.0 Å². The van der Waals surface area contributed by atoms with Crippen LogP contribution in [0.3, 0.4) is 0 Å². The van der Waals surface area contributed by atoms with Crippen LogP contribution in [0.25, 0.3) is 10.6 Å². The topological polar surface area (TPSA) is 75.1 Å². The van der Waals surface area contributed by atoms with Gasteiger partial charge in [-0.2, -0.15) is 4.37 Å². The molecule has 0 bridgehead atoms. The van der Waals surface area contributed by atoms with Gasteiger partial charge in [0.2, 0.25) is 0 Å². The molecule has 6 heteroatoms. The van der Waals surface area contributed by atoms with Crippen LogP contribution in [0.15, 0.2) is 18.2 Å². The zero-order valence-electron chi connectivity index (χ0n) is 12.1. The summed E-state index contributed by atoms with van der Waals surface area (Å²) >= 11 is 1.34. The average molecular weight is 293 g/mol. The number of hydrogen-bond acceptors (Lipinski definition) is 5. The Bertz CT molecular complexity index is 582. The number of aromatic nitrogens is 2. The lowest BCUT2D eigenvalue weighted by atomic mass is 10.1. The quantitative estimate of drug-likeness (QED) is 0.904. The van der Waals surface area contributed by atoms with Crippen LogP contribution in [0.1, 0.15) is 25.2 Å². The molecular weight excluding hydrogens is 274 g/mol. The number of aryl methyl sites for hydroxylation is 2. The first-order valence-electron chi connectivity index (χ1n) is 6.43. The SMILES string of the molecule is CC.Cc1nsc(-c2ccc(C)c(NCC(=O)O)c2)n1. The number of anilines is 1. The van der Waals surface area contributed by atoms with Gasteiger partial charge >= 0.3 is 5.97 Å². The maximum absolute atomic E-state index is 10.6. The molecule has 0 saturated heterocycles. The van der Waals surface area contributed by atoms with Crippen LogP contribution in [-0.2, 0) is 4.79 Å². The molecule has 20 heavy (non-hydrogen) atoms. The standard InChI is InChI=1S/C12H13N3O2S.C2H6/c1-7-3-4-9(12-14-8(2)15-18-12)5-10(7)13-6-11(16)17;1-2/h3-5,13H,6H2,1-2H3,(H,16,17);1-2H3. The molecule has 2 aromatic rings. The molecule has 0 saturated carbocycles. The van der Waals surface area contributed by atoms with Crippen molar-refractivity contribution in [3.63, 3.8) is 0 Å². The Kier molecular flexibility index (Phi) is 6.11. The highest BCUT2D eigenvalue weighted by Crippen LogP contribution is 2.26. The van der Waals surface area contributed by atoms with Gasteiger partial charge in [-0.15, -0.1) is 0 Å². The molecule has 1 aromatic heterocycles. The van der Waals surface area contributed by atoms with Gasteiger partial charge in [0.25, 0.3) is 0 Å². The first kappa shape index (κ1) is 16.1. The van der Waals surface area contributed by atoms with Crippen molar-refractivity contribution in [3.8, 4) is 10.6 Å². The summed E-state index contributed by atoms with van der Waals surface area (Å²) in [6.45, 7) is 7.68. The number of nitrogens with one attached hydrogen (secondary N) is 1. The fraction of sp³-hybridized carbons (Fsp3) is 0.357. The Balaban J connectivity index is 0.000000956. The molecule has 0 radical (unpaired) electrons. The van der Waals surface area contributed by atoms with Crippen LogP contribution < -0.4 is 5.32 Å². The van der Waals surface area contributed by atoms with E-state index in [2.05, 4.69) is 14.7 Å². The van der Waals surface area contributed by atoms with Crippen LogP contribution in [0.2, 0.25) is 0 Å². The summed E-state index contributed by atoms with van der Waals surface area (Å²) in [6, 6.07) is 5.80. The van der Waals surface area contributed by atoms with Crippen molar-refractivity contribution in [2.24, 2.45) is 0 Å². The fourth-order valence-corrected chi connectivity index (χ4v) is 2.20. The fourth-order valence-electron chi connectivity index (χ4n) is 1.53. The van der Waals surface area contributed by atoms with Crippen LogP contribution in [0, 0.1) is 13.8 Å². The maximum atomic E-state index is 10.6. The van der Waals surface area contributed by atoms with Gasteiger partial charge in [-0.3, -0.25) is 4.79 Å². The minimum Gasteiger partial charge on any atom is -0.480 e. The predicted octanol–water partition coefficient (Wildman–Crippen LogP) is 3.34. The Labute approximate surface area is 122 Å². The van der Waals surface area contributed by atoms with Crippen molar-refractivity contribution in [2.75, 3.05) is 11.9 Å². The lowest BCUT2D eigenvalue weighted by Gasteiger charge is -2.08. The van der Waals surface area contributed by atoms with E-state index in [1.165, 1.54) is 11.5 Å². The van der Waals surface area contributed by atoms with E-state index in [0.29, 0.717) is 0 Å². The first-order valence-corrected chi connectivity index (χ1v) is 7.20. The summed E-state index contributed by atoms with van der Waals surface area (Å²) < 4.78 is 4.14. The second-order valence-electron chi connectivity index (χ2n) is 3.92. The predicted molar refractivity (Wildman–Crippen MR) is 82.3 cm³/mol. The van der Waals surface area contributed by atoms with Gasteiger partial charge in [0.15, 0.2) is 0 Å². The third kappa shape index (κ3) is 4.31. The molecule has 108 valence electrons. The van der Waals surface area contributed by atoms with Crippen molar-refractivity contribution in [3.05, 3.63) is 29.6 Å². The number of carbonyl (C=O) groups is 1. The minimum atomic E-state index is -0.883. The second kappa shape index (κ2) is 7.59. The van der Waals surface area contributed by atoms with E-state index in [-0.39, 0.29) is 6.54 Å². The van der Waals surface area contributed by atoms with Gasteiger partial charge < -0.3 is 10.4 Å². The number of aliphatic carboxylic acids is 1. The highest BCUT2D eigenvalue weighted by Gasteiger charge is 2.07. The molecule has 2 rings (SSSR count). The number of carboxylic acids is 1. The van der Waals surface area contributed by atoms with E-state index in [1.54, 1.807) is 0 Å². The highest BCUT2D eigenvalue weighted by molar-refractivity contribution is 7.09. The molecule has 0 spiro atoms. The van der Waals surface area contributed by atoms with Gasteiger partial charge in [-0.05, 0) is 37.0 Å². The smallest absolute Gasteiger partial charge is 0.322 e. The normalized spacial score (nSPS) is 9.60. The van der Waals surface area contributed by atoms with Crippen LogP contribution in [-0.4, -0.2) is 27.0 Å². The number of carboxylic acid groups (broad SMARTS) is 1. The third-order valence-corrected chi connectivity index (χ3v) is 3.30. The summed E-state index contributed by atoms with van der Waals surface area (Å²) in [6.07, 6.45) is 0. The largest absolute Gasteiger partial charge is 0.480 e. The van der Waals surface area contributed by atoms with E-state index in [4.69, 9.17) is 5.11 Å². The summed E-state index contributed by atoms with van der Waals surface area (Å²) in [4.78, 5) is 14.9. The van der Waals surface area contributed by atoms with Crippen molar-refractivity contribution < 1.29 is 9.90 Å². The molecule has 0 unspecified atom stereocenters. The Morgan fingerprint density at radius 1 is 1.35 bits per heavy atom. The number of rotatable bonds is 4. The number of benzene rings is 1. The lowest BCUT2D eigenvalue weighted by molar-refractivity contribution is -0.134. The molecule has 0 amide bonds. The number of nitrogens with zero attached hydrogens (tertiary/aromatic N) is 2. The van der Waals surface area contributed by atoms with Gasteiger partial charge in [0.1, 0.15) is 17.4 Å². The van der Waals surface area contributed by atoms with Crippen LogP contribution >= 0.6 is 11.5 Å². The maximum Gasteiger partial charge on any atom is 0.322 e.